The molecule has 4 aliphatic rings. The lowest BCUT2D eigenvalue weighted by molar-refractivity contribution is 0.0687. The van der Waals surface area contributed by atoms with Gasteiger partial charge in [-0.05, 0) is 56.1 Å². The van der Waals surface area contributed by atoms with Crippen molar-refractivity contribution < 1.29 is 9.59 Å². The Balaban J connectivity index is 1.28. The Morgan fingerprint density at radius 3 is 2.06 bits per heavy atom. The number of piperidine rings is 2. The van der Waals surface area contributed by atoms with E-state index in [1.165, 1.54) is 11.1 Å². The van der Waals surface area contributed by atoms with Gasteiger partial charge in [0.15, 0.2) is 0 Å². The number of rotatable bonds is 3. The molecular formula is C30H35N3O3. The summed E-state index contributed by atoms with van der Waals surface area (Å²) < 4.78 is 2.00. The van der Waals surface area contributed by atoms with Crippen LogP contribution in [0.25, 0.3) is 6.08 Å². The molecule has 1 spiro atoms. The van der Waals surface area contributed by atoms with Gasteiger partial charge in [-0.25, -0.2) is 0 Å². The first-order chi connectivity index (χ1) is 17.6. The minimum absolute atomic E-state index is 0.0243. The second-order valence-corrected chi connectivity index (χ2v) is 11.0. The van der Waals surface area contributed by atoms with Crippen LogP contribution in [0.15, 0.2) is 47.5 Å². The Hall–Kier alpha value is -3.15. The molecule has 1 aromatic carbocycles. The number of hydrogen-bond donors (Lipinski definition) is 0. The maximum absolute atomic E-state index is 13.8. The SMILES string of the molecule is O=C(c1cn(C2CCCC2)cc(C(=O)N2CCC3(C=Cc4ccccc43)CC2)c1=O)N1CCCCC1. The quantitative estimate of drug-likeness (QED) is 0.628. The van der Waals surface area contributed by atoms with Gasteiger partial charge in [-0.2, -0.15) is 0 Å². The highest BCUT2D eigenvalue weighted by Crippen LogP contribution is 2.43. The van der Waals surface area contributed by atoms with Crippen molar-refractivity contribution in [1.82, 2.24) is 14.4 Å². The molecule has 2 aromatic rings. The molecule has 0 radical (unpaired) electrons. The molecule has 6 rings (SSSR count). The molecule has 2 aliphatic carbocycles. The molecule has 0 N–H and O–H groups in total. The van der Waals surface area contributed by atoms with Gasteiger partial charge in [-0.3, -0.25) is 14.4 Å². The summed E-state index contributed by atoms with van der Waals surface area (Å²) in [5, 5.41) is 0. The first-order valence-corrected chi connectivity index (χ1v) is 13.7. The number of amides is 2. The van der Waals surface area contributed by atoms with E-state index in [2.05, 4.69) is 36.4 Å². The topological polar surface area (TPSA) is 62.6 Å². The van der Waals surface area contributed by atoms with Crippen LogP contribution in [0.1, 0.15) is 95.7 Å². The van der Waals surface area contributed by atoms with Crippen molar-refractivity contribution in [3.8, 4) is 0 Å². The van der Waals surface area contributed by atoms with Crippen molar-refractivity contribution in [2.24, 2.45) is 0 Å². The minimum Gasteiger partial charge on any atom is -0.349 e. The zero-order chi connectivity index (χ0) is 24.7. The predicted octanol–water partition coefficient (Wildman–Crippen LogP) is 4.79. The van der Waals surface area contributed by atoms with Gasteiger partial charge in [0.25, 0.3) is 11.8 Å². The molecule has 1 saturated carbocycles. The van der Waals surface area contributed by atoms with Crippen LogP contribution in [0.3, 0.4) is 0 Å². The molecule has 36 heavy (non-hydrogen) atoms. The van der Waals surface area contributed by atoms with Crippen LogP contribution in [0.4, 0.5) is 0 Å². The summed E-state index contributed by atoms with van der Waals surface area (Å²) in [5.41, 5.74) is 2.49. The molecule has 2 saturated heterocycles. The maximum Gasteiger partial charge on any atom is 0.259 e. The van der Waals surface area contributed by atoms with E-state index in [0.29, 0.717) is 26.2 Å². The van der Waals surface area contributed by atoms with Crippen LogP contribution < -0.4 is 5.43 Å². The van der Waals surface area contributed by atoms with Gasteiger partial charge in [0.1, 0.15) is 11.1 Å². The van der Waals surface area contributed by atoms with Gasteiger partial charge in [-0.1, -0.05) is 49.3 Å². The fraction of sp³-hybridized carbons (Fsp3) is 0.500. The molecule has 0 atom stereocenters. The van der Waals surface area contributed by atoms with Crippen molar-refractivity contribution in [1.29, 1.82) is 0 Å². The number of likely N-dealkylation sites (tertiary alicyclic amines) is 2. The summed E-state index contributed by atoms with van der Waals surface area (Å²) in [5.74, 6) is -0.448. The summed E-state index contributed by atoms with van der Waals surface area (Å²) in [4.78, 5) is 44.4. The molecule has 6 heteroatoms. The van der Waals surface area contributed by atoms with Crippen molar-refractivity contribution >= 4 is 17.9 Å². The summed E-state index contributed by atoms with van der Waals surface area (Å²) in [6.07, 6.45) is 17.0. The molecule has 2 aliphatic heterocycles. The molecule has 2 amide bonds. The Labute approximate surface area is 212 Å². The van der Waals surface area contributed by atoms with Crippen LogP contribution in [-0.2, 0) is 5.41 Å². The monoisotopic (exact) mass is 485 g/mol. The second kappa shape index (κ2) is 9.38. The third kappa shape index (κ3) is 4.00. The van der Waals surface area contributed by atoms with E-state index in [1.807, 2.05) is 9.47 Å². The van der Waals surface area contributed by atoms with Gasteiger partial charge < -0.3 is 14.4 Å². The second-order valence-electron chi connectivity index (χ2n) is 11.0. The van der Waals surface area contributed by atoms with E-state index in [-0.39, 0.29) is 34.4 Å². The molecular weight excluding hydrogens is 450 g/mol. The van der Waals surface area contributed by atoms with Gasteiger partial charge >= 0.3 is 0 Å². The Morgan fingerprint density at radius 1 is 0.778 bits per heavy atom. The number of nitrogens with zero attached hydrogens (tertiary/aromatic N) is 3. The lowest BCUT2D eigenvalue weighted by atomic mass is 9.74. The van der Waals surface area contributed by atoms with Crippen molar-refractivity contribution in [3.63, 3.8) is 0 Å². The lowest BCUT2D eigenvalue weighted by Gasteiger charge is -2.39. The zero-order valence-electron chi connectivity index (χ0n) is 21.0. The summed E-state index contributed by atoms with van der Waals surface area (Å²) in [7, 11) is 0. The average Bonchev–Trinajstić information content (AvgIpc) is 3.59. The van der Waals surface area contributed by atoms with Gasteiger partial charge in [-0.15, -0.1) is 0 Å². The van der Waals surface area contributed by atoms with E-state index < -0.39 is 5.43 Å². The van der Waals surface area contributed by atoms with E-state index in [9.17, 15) is 14.4 Å². The summed E-state index contributed by atoms with van der Waals surface area (Å²) in [6.45, 7) is 2.57. The number of hydrogen-bond acceptors (Lipinski definition) is 3. The third-order valence-corrected chi connectivity index (χ3v) is 8.92. The number of carbonyl (C=O) groups excluding carboxylic acids is 2. The first-order valence-electron chi connectivity index (χ1n) is 13.7. The number of pyridine rings is 1. The van der Waals surface area contributed by atoms with Crippen LogP contribution >= 0.6 is 0 Å². The normalized spacial score (nSPS) is 21.2. The van der Waals surface area contributed by atoms with Crippen molar-refractivity contribution in [3.05, 3.63) is 75.2 Å². The summed E-state index contributed by atoms with van der Waals surface area (Å²) in [6, 6.07) is 8.74. The fourth-order valence-electron chi connectivity index (χ4n) is 6.73. The number of aromatic nitrogens is 1. The lowest BCUT2D eigenvalue weighted by Crippen LogP contribution is -2.46. The van der Waals surface area contributed by atoms with E-state index >= 15 is 0 Å². The van der Waals surface area contributed by atoms with Crippen LogP contribution in [0.5, 0.6) is 0 Å². The number of benzene rings is 1. The Morgan fingerprint density at radius 2 is 1.39 bits per heavy atom. The molecule has 0 bridgehead atoms. The fourth-order valence-corrected chi connectivity index (χ4v) is 6.73. The molecule has 6 nitrogen and oxygen atoms in total. The number of allylic oxidation sites excluding steroid dienone is 1. The Bertz CT molecular complexity index is 1260. The van der Waals surface area contributed by atoms with Gasteiger partial charge in [0.05, 0.1) is 0 Å². The van der Waals surface area contributed by atoms with Crippen LogP contribution in [0, 0.1) is 0 Å². The van der Waals surface area contributed by atoms with E-state index in [4.69, 9.17) is 0 Å². The largest absolute Gasteiger partial charge is 0.349 e. The highest BCUT2D eigenvalue weighted by Gasteiger charge is 2.39. The number of carbonyl (C=O) groups is 2. The zero-order valence-corrected chi connectivity index (χ0v) is 21.0. The highest BCUT2D eigenvalue weighted by molar-refractivity contribution is 5.99. The maximum atomic E-state index is 13.8. The van der Waals surface area contributed by atoms with E-state index in [1.54, 1.807) is 17.3 Å². The molecule has 188 valence electrons. The first kappa shape index (κ1) is 23.3. The molecule has 3 heterocycles. The average molecular weight is 486 g/mol. The molecule has 3 fully saturated rings. The standard InChI is InChI=1S/C30H35N3O3/c34-27-24(28(35)31-16-6-1-7-17-31)20-33(23-9-3-4-10-23)21-25(27)29(36)32-18-14-30(15-19-32)13-12-22-8-2-5-11-26(22)30/h2,5,8,11-13,20-21,23H,1,3-4,6-7,9-10,14-19H2. The number of fused-ring (bicyclic) bond motifs is 2. The van der Waals surface area contributed by atoms with Crippen molar-refractivity contribution in [2.75, 3.05) is 26.2 Å². The third-order valence-electron chi connectivity index (χ3n) is 8.92. The van der Waals surface area contributed by atoms with Gasteiger partial charge in [0.2, 0.25) is 5.43 Å². The molecule has 0 unspecified atom stereocenters. The smallest absolute Gasteiger partial charge is 0.259 e. The minimum atomic E-state index is -0.406. The van der Waals surface area contributed by atoms with Gasteiger partial charge in [0, 0.05) is 50.0 Å². The summed E-state index contributed by atoms with van der Waals surface area (Å²) >= 11 is 0. The van der Waals surface area contributed by atoms with Crippen LogP contribution in [-0.4, -0.2) is 52.4 Å². The molecule has 1 aromatic heterocycles. The van der Waals surface area contributed by atoms with E-state index in [0.717, 1.165) is 57.8 Å². The highest BCUT2D eigenvalue weighted by atomic mass is 16.2. The predicted molar refractivity (Wildman–Crippen MR) is 140 cm³/mol. The van der Waals surface area contributed by atoms with Crippen molar-refractivity contribution in [2.45, 2.75) is 69.2 Å². The van der Waals surface area contributed by atoms with Crippen LogP contribution in [0.2, 0.25) is 0 Å². The Kier molecular flexibility index (Phi) is 6.06.